The lowest BCUT2D eigenvalue weighted by Crippen LogP contribution is -2.17. The molecule has 1 aliphatic carbocycles. The first-order chi connectivity index (χ1) is 10.7. The molecule has 0 aromatic carbocycles. The van der Waals surface area contributed by atoms with Crippen LogP contribution < -0.4 is 0 Å². The van der Waals surface area contributed by atoms with Crippen LogP contribution >= 0.6 is 0 Å². The molecule has 1 rings (SSSR count). The largest absolute Gasteiger partial charge is 0.481 e. The Morgan fingerprint density at radius 2 is 1.95 bits per heavy atom. The Morgan fingerprint density at radius 1 is 1.14 bits per heavy atom. The van der Waals surface area contributed by atoms with E-state index in [1.54, 1.807) is 0 Å². The number of carboxylic acid groups (broad SMARTS) is 1. The second kappa shape index (κ2) is 12.5. The van der Waals surface area contributed by atoms with Crippen LogP contribution in [0.2, 0.25) is 0 Å². The van der Waals surface area contributed by atoms with Crippen LogP contribution in [0.15, 0.2) is 0 Å². The number of unbranched alkanes of at least 4 members (excludes halogenated alkanes) is 6. The monoisotopic (exact) mass is 308 g/mol. The van der Waals surface area contributed by atoms with Crippen LogP contribution in [0, 0.1) is 17.8 Å². The molecular formula is C19H32O3. The number of carboxylic acids is 1. The van der Waals surface area contributed by atoms with Crippen molar-refractivity contribution in [1.29, 1.82) is 0 Å². The molecule has 0 bridgehead atoms. The summed E-state index contributed by atoms with van der Waals surface area (Å²) >= 11 is 0. The van der Waals surface area contributed by atoms with Crippen LogP contribution in [0.5, 0.6) is 0 Å². The molecule has 1 saturated carbocycles. The summed E-state index contributed by atoms with van der Waals surface area (Å²) < 4.78 is 5.97. The van der Waals surface area contributed by atoms with Gasteiger partial charge in [0, 0.05) is 25.4 Å². The molecule has 0 aliphatic heterocycles. The van der Waals surface area contributed by atoms with Crippen molar-refractivity contribution in [2.75, 3.05) is 6.61 Å². The summed E-state index contributed by atoms with van der Waals surface area (Å²) in [5.74, 6) is 6.49. The van der Waals surface area contributed by atoms with Gasteiger partial charge in [-0.1, -0.05) is 38.5 Å². The summed E-state index contributed by atoms with van der Waals surface area (Å²) in [6, 6.07) is 0. The summed E-state index contributed by atoms with van der Waals surface area (Å²) in [4.78, 5) is 10.4. The molecule has 0 heterocycles. The Kier molecular flexibility index (Phi) is 10.8. The Bertz CT molecular complexity index is 353. The number of aliphatic carboxylic acids is 1. The first-order valence-corrected chi connectivity index (χ1v) is 9.05. The predicted molar refractivity (Wildman–Crippen MR) is 89.7 cm³/mol. The van der Waals surface area contributed by atoms with Crippen molar-refractivity contribution in [3.05, 3.63) is 0 Å². The normalized spacial score (nSPS) is 20.6. The third-order valence-electron chi connectivity index (χ3n) is 4.26. The highest BCUT2D eigenvalue weighted by Gasteiger charge is 2.26. The van der Waals surface area contributed by atoms with Gasteiger partial charge in [0.25, 0.3) is 0 Å². The second-order valence-electron chi connectivity index (χ2n) is 6.28. The molecule has 0 aromatic rings. The summed E-state index contributed by atoms with van der Waals surface area (Å²) in [6.45, 7) is 2.98. The van der Waals surface area contributed by atoms with Crippen molar-refractivity contribution < 1.29 is 14.6 Å². The van der Waals surface area contributed by atoms with E-state index in [0.29, 0.717) is 12.0 Å². The Labute approximate surface area is 135 Å². The lowest BCUT2D eigenvalue weighted by molar-refractivity contribution is -0.137. The zero-order valence-electron chi connectivity index (χ0n) is 14.1. The Morgan fingerprint density at radius 3 is 2.73 bits per heavy atom. The van der Waals surface area contributed by atoms with E-state index in [2.05, 4.69) is 18.8 Å². The quantitative estimate of drug-likeness (QED) is 0.441. The fourth-order valence-electron chi connectivity index (χ4n) is 2.92. The number of hydrogen-bond acceptors (Lipinski definition) is 2. The van der Waals surface area contributed by atoms with Gasteiger partial charge < -0.3 is 9.84 Å². The lowest BCUT2D eigenvalue weighted by atomic mass is 10.1. The lowest BCUT2D eigenvalue weighted by Gasteiger charge is -2.15. The number of carbonyl (C=O) groups is 1. The van der Waals surface area contributed by atoms with Crippen molar-refractivity contribution in [1.82, 2.24) is 0 Å². The third-order valence-corrected chi connectivity index (χ3v) is 4.26. The van der Waals surface area contributed by atoms with E-state index in [9.17, 15) is 4.79 Å². The van der Waals surface area contributed by atoms with E-state index >= 15 is 0 Å². The van der Waals surface area contributed by atoms with E-state index in [1.165, 1.54) is 38.5 Å². The predicted octanol–water partition coefficient (Wildman–Crippen LogP) is 4.79. The molecule has 0 radical (unpaired) electrons. The number of rotatable bonds is 11. The van der Waals surface area contributed by atoms with Gasteiger partial charge in [-0.15, -0.1) is 5.92 Å². The van der Waals surface area contributed by atoms with Crippen molar-refractivity contribution in [3.63, 3.8) is 0 Å². The molecule has 1 fully saturated rings. The molecule has 126 valence electrons. The average Bonchev–Trinajstić information content (AvgIpc) is 2.93. The summed E-state index contributed by atoms with van der Waals surface area (Å²) in [7, 11) is 0. The molecule has 0 amide bonds. The summed E-state index contributed by atoms with van der Waals surface area (Å²) in [5.41, 5.74) is 0. The molecule has 1 aliphatic rings. The van der Waals surface area contributed by atoms with Crippen molar-refractivity contribution in [3.8, 4) is 11.8 Å². The van der Waals surface area contributed by atoms with Gasteiger partial charge in [0.05, 0.1) is 6.10 Å². The molecule has 0 saturated heterocycles. The van der Waals surface area contributed by atoms with Crippen LogP contribution in [0.3, 0.4) is 0 Å². The van der Waals surface area contributed by atoms with Gasteiger partial charge in [-0.2, -0.15) is 0 Å². The summed E-state index contributed by atoms with van der Waals surface area (Å²) in [6.07, 6.45) is 12.9. The van der Waals surface area contributed by atoms with Gasteiger partial charge in [0.15, 0.2) is 0 Å². The van der Waals surface area contributed by atoms with E-state index in [1.807, 2.05) is 0 Å². The minimum absolute atomic E-state index is 0.273. The highest BCUT2D eigenvalue weighted by atomic mass is 16.5. The highest BCUT2D eigenvalue weighted by Crippen LogP contribution is 2.28. The Hall–Kier alpha value is -1.01. The van der Waals surface area contributed by atoms with Crippen LogP contribution in [0.4, 0.5) is 0 Å². The molecular weight excluding hydrogens is 276 g/mol. The third kappa shape index (κ3) is 9.10. The van der Waals surface area contributed by atoms with Gasteiger partial charge in [-0.3, -0.25) is 4.79 Å². The van der Waals surface area contributed by atoms with E-state index in [4.69, 9.17) is 9.84 Å². The first-order valence-electron chi connectivity index (χ1n) is 9.05. The zero-order chi connectivity index (χ0) is 16.0. The topological polar surface area (TPSA) is 46.5 Å². The molecule has 1 N–H and O–H groups in total. The first kappa shape index (κ1) is 19.0. The molecule has 2 unspecified atom stereocenters. The van der Waals surface area contributed by atoms with Gasteiger partial charge in [0.2, 0.25) is 0 Å². The van der Waals surface area contributed by atoms with Gasteiger partial charge in [-0.05, 0) is 38.5 Å². The fourth-order valence-corrected chi connectivity index (χ4v) is 2.92. The van der Waals surface area contributed by atoms with Gasteiger partial charge in [0.1, 0.15) is 0 Å². The maximum absolute atomic E-state index is 10.4. The van der Waals surface area contributed by atoms with Crippen LogP contribution in [-0.2, 0) is 9.53 Å². The van der Waals surface area contributed by atoms with E-state index in [0.717, 1.165) is 38.7 Å². The van der Waals surface area contributed by atoms with Crippen molar-refractivity contribution in [2.45, 2.75) is 90.1 Å². The number of ether oxygens (including phenoxy) is 1. The standard InChI is InChI=1S/C19H32O3/c1-2-3-4-5-6-8-12-17-13-11-14-18(17)22-16-10-7-9-15-19(20)21/h17-18H,2-7,9-11,13-16H2,1H3,(H,20,21). The molecule has 0 aromatic heterocycles. The highest BCUT2D eigenvalue weighted by molar-refractivity contribution is 5.66. The minimum Gasteiger partial charge on any atom is -0.481 e. The SMILES string of the molecule is CCCCCCC#CC1CCCC1OCCCCCC(=O)O. The molecule has 0 spiro atoms. The van der Waals surface area contributed by atoms with Crippen molar-refractivity contribution >= 4 is 5.97 Å². The number of hydrogen-bond donors (Lipinski definition) is 1. The molecule has 22 heavy (non-hydrogen) atoms. The van der Waals surface area contributed by atoms with Crippen molar-refractivity contribution in [2.24, 2.45) is 5.92 Å². The van der Waals surface area contributed by atoms with Gasteiger partial charge in [-0.25, -0.2) is 0 Å². The van der Waals surface area contributed by atoms with E-state index < -0.39 is 5.97 Å². The molecule has 2 atom stereocenters. The van der Waals surface area contributed by atoms with Crippen LogP contribution in [-0.4, -0.2) is 23.8 Å². The minimum atomic E-state index is -0.703. The maximum Gasteiger partial charge on any atom is 0.303 e. The molecule has 3 nitrogen and oxygen atoms in total. The van der Waals surface area contributed by atoms with Crippen LogP contribution in [0.25, 0.3) is 0 Å². The van der Waals surface area contributed by atoms with Gasteiger partial charge >= 0.3 is 5.97 Å². The fraction of sp³-hybridized carbons (Fsp3) is 0.842. The van der Waals surface area contributed by atoms with E-state index in [-0.39, 0.29) is 6.42 Å². The Balaban J connectivity index is 2.09. The zero-order valence-corrected chi connectivity index (χ0v) is 14.1. The van der Waals surface area contributed by atoms with Crippen LogP contribution in [0.1, 0.15) is 84.0 Å². The second-order valence-corrected chi connectivity index (χ2v) is 6.28. The molecule has 3 heteroatoms. The summed E-state index contributed by atoms with van der Waals surface area (Å²) in [5, 5.41) is 8.58. The maximum atomic E-state index is 10.4. The average molecular weight is 308 g/mol. The smallest absolute Gasteiger partial charge is 0.303 e.